The van der Waals surface area contributed by atoms with Crippen molar-refractivity contribution in [2.24, 2.45) is 0 Å². The van der Waals surface area contributed by atoms with Crippen molar-refractivity contribution in [2.75, 3.05) is 30.4 Å². The van der Waals surface area contributed by atoms with Crippen LogP contribution in [0, 0.1) is 5.82 Å². The molecule has 0 radical (unpaired) electrons. The standard InChI is InChI=1S/C14H16FN5O/c1-21-13-7-12(17-9-18-13)19-10-4-6-20(8-10)14-11(15)3-2-5-16-14/h2-3,5,7,9-10H,4,6,8H2,1H3,(H,17,18,19). The Bertz CT molecular complexity index is 624. The maximum absolute atomic E-state index is 13.7. The van der Waals surface area contributed by atoms with Gasteiger partial charge in [0.2, 0.25) is 5.88 Å². The molecule has 0 aromatic carbocycles. The van der Waals surface area contributed by atoms with Crippen molar-refractivity contribution >= 4 is 11.6 Å². The van der Waals surface area contributed by atoms with Crippen LogP contribution in [0.25, 0.3) is 0 Å². The number of aromatic nitrogens is 3. The van der Waals surface area contributed by atoms with Gasteiger partial charge in [0.25, 0.3) is 0 Å². The molecule has 2 aromatic rings. The van der Waals surface area contributed by atoms with E-state index in [4.69, 9.17) is 4.74 Å². The molecule has 1 aliphatic rings. The summed E-state index contributed by atoms with van der Waals surface area (Å²) in [6.45, 7) is 1.44. The minimum Gasteiger partial charge on any atom is -0.481 e. The van der Waals surface area contributed by atoms with Crippen molar-refractivity contribution in [3.63, 3.8) is 0 Å². The van der Waals surface area contributed by atoms with Gasteiger partial charge in [-0.15, -0.1) is 0 Å². The van der Waals surface area contributed by atoms with Gasteiger partial charge in [-0.25, -0.2) is 19.3 Å². The Kier molecular flexibility index (Phi) is 3.81. The van der Waals surface area contributed by atoms with Gasteiger partial charge in [-0.2, -0.15) is 0 Å². The number of rotatable bonds is 4. The number of methoxy groups -OCH3 is 1. The third kappa shape index (κ3) is 3.01. The van der Waals surface area contributed by atoms with Gasteiger partial charge in [0.1, 0.15) is 12.1 Å². The first-order valence-corrected chi connectivity index (χ1v) is 6.74. The molecule has 1 atom stereocenters. The van der Waals surface area contributed by atoms with Crippen molar-refractivity contribution in [1.82, 2.24) is 15.0 Å². The summed E-state index contributed by atoms with van der Waals surface area (Å²) in [5.74, 6) is 1.33. The molecule has 0 aliphatic carbocycles. The predicted molar refractivity (Wildman–Crippen MR) is 77.0 cm³/mol. The topological polar surface area (TPSA) is 63.2 Å². The predicted octanol–water partition coefficient (Wildman–Crippen LogP) is 1.71. The van der Waals surface area contributed by atoms with Crippen LogP contribution in [0.3, 0.4) is 0 Å². The lowest BCUT2D eigenvalue weighted by atomic mass is 10.2. The zero-order valence-electron chi connectivity index (χ0n) is 11.7. The number of halogens is 1. The number of nitrogens with one attached hydrogen (secondary N) is 1. The van der Waals surface area contributed by atoms with E-state index >= 15 is 0 Å². The van der Waals surface area contributed by atoms with Gasteiger partial charge in [-0.1, -0.05) is 0 Å². The summed E-state index contributed by atoms with van der Waals surface area (Å²) < 4.78 is 18.8. The number of anilines is 2. The highest BCUT2D eigenvalue weighted by molar-refractivity contribution is 5.44. The minimum atomic E-state index is -0.290. The van der Waals surface area contributed by atoms with E-state index in [9.17, 15) is 4.39 Å². The van der Waals surface area contributed by atoms with Gasteiger partial charge in [0, 0.05) is 31.4 Å². The molecule has 1 unspecified atom stereocenters. The average molecular weight is 289 g/mol. The van der Waals surface area contributed by atoms with Crippen LogP contribution in [0.4, 0.5) is 16.0 Å². The molecule has 1 saturated heterocycles. The molecular formula is C14H16FN5O. The molecule has 0 amide bonds. The maximum atomic E-state index is 13.7. The van der Waals surface area contributed by atoms with E-state index in [1.54, 1.807) is 25.4 Å². The highest BCUT2D eigenvalue weighted by Crippen LogP contribution is 2.22. The fraction of sp³-hybridized carbons (Fsp3) is 0.357. The highest BCUT2D eigenvalue weighted by Gasteiger charge is 2.25. The van der Waals surface area contributed by atoms with E-state index in [1.807, 2.05) is 4.90 Å². The second-order valence-corrected chi connectivity index (χ2v) is 4.83. The Labute approximate surface area is 122 Å². The molecule has 1 aliphatic heterocycles. The molecule has 3 heterocycles. The molecule has 0 saturated carbocycles. The van der Waals surface area contributed by atoms with Crippen LogP contribution in [0.5, 0.6) is 5.88 Å². The number of nitrogens with zero attached hydrogens (tertiary/aromatic N) is 4. The van der Waals surface area contributed by atoms with Gasteiger partial charge in [0.15, 0.2) is 11.6 Å². The average Bonchev–Trinajstić information content (AvgIpc) is 2.96. The second-order valence-electron chi connectivity index (χ2n) is 4.83. The van der Waals surface area contributed by atoms with Crippen LogP contribution in [-0.4, -0.2) is 41.2 Å². The first kappa shape index (κ1) is 13.5. The molecule has 110 valence electrons. The third-order valence-corrected chi connectivity index (χ3v) is 3.43. The van der Waals surface area contributed by atoms with Crippen LogP contribution in [0.1, 0.15) is 6.42 Å². The lowest BCUT2D eigenvalue weighted by Gasteiger charge is -2.18. The van der Waals surface area contributed by atoms with Crippen molar-refractivity contribution in [3.05, 3.63) is 36.5 Å². The van der Waals surface area contributed by atoms with E-state index < -0.39 is 0 Å². The highest BCUT2D eigenvalue weighted by atomic mass is 19.1. The summed E-state index contributed by atoms with van der Waals surface area (Å²) >= 11 is 0. The molecule has 21 heavy (non-hydrogen) atoms. The molecule has 1 fully saturated rings. The summed E-state index contributed by atoms with van der Waals surface area (Å²) in [6.07, 6.45) is 3.95. The zero-order chi connectivity index (χ0) is 14.7. The van der Waals surface area contributed by atoms with Gasteiger partial charge in [0.05, 0.1) is 7.11 Å². The zero-order valence-corrected chi connectivity index (χ0v) is 11.7. The van der Waals surface area contributed by atoms with Gasteiger partial charge < -0.3 is 15.0 Å². The van der Waals surface area contributed by atoms with Gasteiger partial charge >= 0.3 is 0 Å². The number of ether oxygens (including phenoxy) is 1. The number of hydrogen-bond donors (Lipinski definition) is 1. The van der Waals surface area contributed by atoms with Crippen LogP contribution >= 0.6 is 0 Å². The third-order valence-electron chi connectivity index (χ3n) is 3.43. The van der Waals surface area contributed by atoms with Crippen molar-refractivity contribution < 1.29 is 9.13 Å². The molecule has 3 rings (SSSR count). The number of hydrogen-bond acceptors (Lipinski definition) is 6. The maximum Gasteiger partial charge on any atom is 0.218 e. The Morgan fingerprint density at radius 3 is 3.10 bits per heavy atom. The minimum absolute atomic E-state index is 0.186. The number of pyridine rings is 1. The molecular weight excluding hydrogens is 273 g/mol. The second kappa shape index (κ2) is 5.90. The van der Waals surface area contributed by atoms with Crippen molar-refractivity contribution in [2.45, 2.75) is 12.5 Å². The summed E-state index contributed by atoms with van der Waals surface area (Å²) in [6, 6.07) is 4.95. The van der Waals surface area contributed by atoms with Gasteiger partial charge in [-0.3, -0.25) is 0 Å². The summed E-state index contributed by atoms with van der Waals surface area (Å²) in [7, 11) is 1.56. The lowest BCUT2D eigenvalue weighted by molar-refractivity contribution is 0.397. The quantitative estimate of drug-likeness (QED) is 0.924. The summed E-state index contributed by atoms with van der Waals surface area (Å²) in [5, 5.41) is 3.31. The monoisotopic (exact) mass is 289 g/mol. The van der Waals surface area contributed by atoms with Crippen molar-refractivity contribution in [3.8, 4) is 5.88 Å². The lowest BCUT2D eigenvalue weighted by Crippen LogP contribution is -2.27. The summed E-state index contributed by atoms with van der Waals surface area (Å²) in [4.78, 5) is 14.2. The largest absolute Gasteiger partial charge is 0.481 e. The first-order valence-electron chi connectivity index (χ1n) is 6.74. The van der Waals surface area contributed by atoms with Crippen molar-refractivity contribution in [1.29, 1.82) is 0 Å². The SMILES string of the molecule is COc1cc(NC2CCN(c3ncccc3F)C2)ncn1. The fourth-order valence-corrected chi connectivity index (χ4v) is 2.42. The van der Waals surface area contributed by atoms with Crippen LogP contribution < -0.4 is 15.0 Å². The Morgan fingerprint density at radius 2 is 2.29 bits per heavy atom. The van der Waals surface area contributed by atoms with Crippen LogP contribution in [0.2, 0.25) is 0 Å². The normalized spacial score (nSPS) is 17.8. The van der Waals surface area contributed by atoms with E-state index in [1.165, 1.54) is 12.4 Å². The molecule has 0 spiro atoms. The molecule has 2 aromatic heterocycles. The van der Waals surface area contributed by atoms with E-state index in [-0.39, 0.29) is 11.9 Å². The Morgan fingerprint density at radius 1 is 1.38 bits per heavy atom. The Hall–Kier alpha value is -2.44. The summed E-state index contributed by atoms with van der Waals surface area (Å²) in [5.41, 5.74) is 0. The van der Waals surface area contributed by atoms with E-state index in [2.05, 4.69) is 20.3 Å². The van der Waals surface area contributed by atoms with E-state index in [0.29, 0.717) is 24.1 Å². The molecule has 0 bridgehead atoms. The molecule has 6 nitrogen and oxygen atoms in total. The van der Waals surface area contributed by atoms with Crippen LogP contribution in [-0.2, 0) is 0 Å². The van der Waals surface area contributed by atoms with E-state index in [0.717, 1.165) is 13.0 Å². The Balaban J connectivity index is 1.66. The van der Waals surface area contributed by atoms with Crippen LogP contribution in [0.15, 0.2) is 30.7 Å². The van der Waals surface area contributed by atoms with Gasteiger partial charge in [-0.05, 0) is 18.6 Å². The smallest absolute Gasteiger partial charge is 0.218 e. The molecule has 1 N–H and O–H groups in total. The molecule has 7 heteroatoms. The fourth-order valence-electron chi connectivity index (χ4n) is 2.42. The first-order chi connectivity index (χ1) is 10.3.